The third kappa shape index (κ3) is 4.68. The molecule has 1 unspecified atom stereocenters. The Labute approximate surface area is 146 Å². The molecular formula is C17H21NO6S. The molecule has 136 valence electrons. The zero-order chi connectivity index (χ0) is 18.6. The maximum absolute atomic E-state index is 12.2. The van der Waals surface area contributed by atoms with Crippen LogP contribution in [0.15, 0.2) is 39.6 Å². The zero-order valence-corrected chi connectivity index (χ0v) is 15.1. The lowest BCUT2D eigenvalue weighted by molar-refractivity contribution is 0.0600. The van der Waals surface area contributed by atoms with E-state index in [-0.39, 0.29) is 23.4 Å². The summed E-state index contributed by atoms with van der Waals surface area (Å²) < 4.78 is 36.8. The van der Waals surface area contributed by atoms with Crippen LogP contribution in [0.25, 0.3) is 0 Å². The molecule has 0 saturated heterocycles. The van der Waals surface area contributed by atoms with Gasteiger partial charge < -0.3 is 14.3 Å². The molecule has 0 radical (unpaired) electrons. The average Bonchev–Trinajstić information content (AvgIpc) is 2.92. The number of methoxy groups -OCH3 is 1. The molecule has 1 atom stereocenters. The maximum atomic E-state index is 12.2. The lowest BCUT2D eigenvalue weighted by Crippen LogP contribution is -2.26. The minimum Gasteiger partial charge on any atom is -0.466 e. The van der Waals surface area contributed by atoms with Gasteiger partial charge in [-0.25, -0.2) is 17.9 Å². The molecule has 0 bridgehead atoms. The molecule has 0 amide bonds. The van der Waals surface area contributed by atoms with Crippen molar-refractivity contribution in [3.8, 4) is 0 Å². The Kier molecular flexibility index (Phi) is 5.99. The molecule has 0 aliphatic carbocycles. The van der Waals surface area contributed by atoms with Crippen LogP contribution < -0.4 is 4.72 Å². The lowest BCUT2D eigenvalue weighted by atomic mass is 10.1. The van der Waals surface area contributed by atoms with Gasteiger partial charge in [-0.2, -0.15) is 0 Å². The maximum Gasteiger partial charge on any atom is 0.337 e. The number of hydrogen-bond donors (Lipinski definition) is 2. The second kappa shape index (κ2) is 7.81. The van der Waals surface area contributed by atoms with Crippen molar-refractivity contribution in [3.63, 3.8) is 0 Å². The van der Waals surface area contributed by atoms with Crippen LogP contribution >= 0.6 is 0 Å². The molecule has 2 rings (SSSR count). The van der Waals surface area contributed by atoms with Gasteiger partial charge in [0.15, 0.2) is 0 Å². The summed E-state index contributed by atoms with van der Waals surface area (Å²) >= 11 is 0. The predicted molar refractivity (Wildman–Crippen MR) is 90.7 cm³/mol. The van der Waals surface area contributed by atoms with Crippen molar-refractivity contribution < 1.29 is 27.5 Å². The van der Waals surface area contributed by atoms with E-state index in [1.54, 1.807) is 19.9 Å². The number of carbonyl (C=O) groups excluding carboxylic acids is 1. The molecule has 1 aromatic carbocycles. The number of rotatable bonds is 7. The van der Waals surface area contributed by atoms with Crippen LogP contribution in [0.4, 0.5) is 0 Å². The fourth-order valence-electron chi connectivity index (χ4n) is 2.44. The van der Waals surface area contributed by atoms with Crippen molar-refractivity contribution in [1.82, 2.24) is 4.72 Å². The number of aryl methyl sites for hydroxylation is 2. The number of esters is 1. The van der Waals surface area contributed by atoms with Gasteiger partial charge in [-0.05, 0) is 50.6 Å². The monoisotopic (exact) mass is 367 g/mol. The first-order valence-corrected chi connectivity index (χ1v) is 9.16. The lowest BCUT2D eigenvalue weighted by Gasteiger charge is -2.11. The number of aliphatic hydroxyl groups excluding tert-OH is 1. The van der Waals surface area contributed by atoms with Crippen molar-refractivity contribution >= 4 is 16.0 Å². The molecule has 1 aromatic heterocycles. The van der Waals surface area contributed by atoms with Gasteiger partial charge in [0.1, 0.15) is 11.5 Å². The summed E-state index contributed by atoms with van der Waals surface area (Å²) in [5.74, 6) is 0.773. The number of sulfonamides is 1. The van der Waals surface area contributed by atoms with Crippen molar-refractivity contribution in [2.75, 3.05) is 13.7 Å². The van der Waals surface area contributed by atoms with E-state index in [1.807, 2.05) is 0 Å². The summed E-state index contributed by atoms with van der Waals surface area (Å²) in [4.78, 5) is 11.4. The summed E-state index contributed by atoms with van der Waals surface area (Å²) in [6.45, 7) is 3.59. The van der Waals surface area contributed by atoms with Gasteiger partial charge >= 0.3 is 5.97 Å². The van der Waals surface area contributed by atoms with Gasteiger partial charge in [-0.3, -0.25) is 0 Å². The van der Waals surface area contributed by atoms with Crippen molar-refractivity contribution in [1.29, 1.82) is 0 Å². The first kappa shape index (κ1) is 19.2. The molecule has 7 nitrogen and oxygen atoms in total. The number of hydrogen-bond acceptors (Lipinski definition) is 6. The molecule has 8 heteroatoms. The zero-order valence-electron chi connectivity index (χ0n) is 14.3. The number of carbonyl (C=O) groups is 1. The van der Waals surface area contributed by atoms with Gasteiger partial charge in [0.05, 0.1) is 23.7 Å². The highest BCUT2D eigenvalue weighted by molar-refractivity contribution is 7.89. The highest BCUT2D eigenvalue weighted by Gasteiger charge is 2.18. The van der Waals surface area contributed by atoms with E-state index in [4.69, 9.17) is 4.42 Å². The minimum atomic E-state index is -3.73. The number of nitrogens with one attached hydrogen (secondary N) is 1. The summed E-state index contributed by atoms with van der Waals surface area (Å²) in [6, 6.07) is 7.16. The van der Waals surface area contributed by atoms with Gasteiger partial charge in [-0.1, -0.05) is 0 Å². The summed E-state index contributed by atoms with van der Waals surface area (Å²) in [5.41, 5.74) is 0.918. The van der Waals surface area contributed by atoms with E-state index in [9.17, 15) is 18.3 Å². The van der Waals surface area contributed by atoms with Gasteiger partial charge in [0.2, 0.25) is 10.0 Å². The molecule has 25 heavy (non-hydrogen) atoms. The normalized spacial score (nSPS) is 12.8. The molecule has 1 heterocycles. The second-order valence-corrected chi connectivity index (χ2v) is 7.35. The number of benzene rings is 1. The SMILES string of the molecule is COC(=O)c1ccc(S(=O)(=O)NCCC(O)c2cc(C)oc2C)cc1. The van der Waals surface area contributed by atoms with E-state index in [0.717, 1.165) is 0 Å². The topological polar surface area (TPSA) is 106 Å². The van der Waals surface area contributed by atoms with Crippen LogP contribution in [-0.2, 0) is 14.8 Å². The Bertz CT molecular complexity index is 839. The number of ether oxygens (including phenoxy) is 1. The van der Waals surface area contributed by atoms with Gasteiger partial charge in [0, 0.05) is 12.1 Å². The number of furan rings is 1. The largest absolute Gasteiger partial charge is 0.466 e. The molecular weight excluding hydrogens is 346 g/mol. The van der Waals surface area contributed by atoms with E-state index in [1.165, 1.54) is 31.4 Å². The molecule has 0 fully saturated rings. The smallest absolute Gasteiger partial charge is 0.337 e. The first-order valence-electron chi connectivity index (χ1n) is 7.67. The van der Waals surface area contributed by atoms with Gasteiger partial charge in [0.25, 0.3) is 0 Å². The Morgan fingerprint density at radius 2 is 1.92 bits per heavy atom. The molecule has 0 saturated carbocycles. The molecule has 0 spiro atoms. The van der Waals surface area contributed by atoms with Crippen molar-refractivity contribution in [3.05, 3.63) is 53.0 Å². The summed E-state index contributed by atoms with van der Waals surface area (Å²) in [5, 5.41) is 10.2. The first-order chi connectivity index (χ1) is 11.7. The van der Waals surface area contributed by atoms with Crippen LogP contribution in [0.3, 0.4) is 0 Å². The fourth-order valence-corrected chi connectivity index (χ4v) is 3.49. The summed E-state index contributed by atoms with van der Waals surface area (Å²) in [6.07, 6.45) is -0.610. The third-order valence-corrected chi connectivity index (χ3v) is 5.21. The quantitative estimate of drug-likeness (QED) is 0.726. The standard InChI is InChI=1S/C17H21NO6S/c1-11-10-15(12(2)24-11)16(19)8-9-18-25(21,22)14-6-4-13(5-7-14)17(20)23-3/h4-7,10,16,18-19H,8-9H2,1-3H3. The Morgan fingerprint density at radius 1 is 1.28 bits per heavy atom. The third-order valence-electron chi connectivity index (χ3n) is 3.73. The predicted octanol–water partition coefficient (Wildman–Crippen LogP) is 2.09. The Balaban J connectivity index is 1.97. The highest BCUT2D eigenvalue weighted by Crippen LogP contribution is 2.23. The second-order valence-electron chi connectivity index (χ2n) is 5.59. The van der Waals surface area contributed by atoms with Crippen LogP contribution in [-0.4, -0.2) is 33.1 Å². The average molecular weight is 367 g/mol. The van der Waals surface area contributed by atoms with E-state index in [0.29, 0.717) is 17.1 Å². The summed E-state index contributed by atoms with van der Waals surface area (Å²) in [7, 11) is -2.48. The van der Waals surface area contributed by atoms with Crippen LogP contribution in [0.1, 0.15) is 40.0 Å². The van der Waals surface area contributed by atoms with Gasteiger partial charge in [-0.15, -0.1) is 0 Å². The molecule has 2 aromatic rings. The van der Waals surface area contributed by atoms with E-state index < -0.39 is 22.1 Å². The van der Waals surface area contributed by atoms with Crippen molar-refractivity contribution in [2.45, 2.75) is 31.3 Å². The van der Waals surface area contributed by atoms with Crippen LogP contribution in [0.2, 0.25) is 0 Å². The molecule has 0 aliphatic heterocycles. The molecule has 2 N–H and O–H groups in total. The highest BCUT2D eigenvalue weighted by atomic mass is 32.2. The Hall–Kier alpha value is -2.16. The minimum absolute atomic E-state index is 0.0324. The Morgan fingerprint density at radius 3 is 2.44 bits per heavy atom. The van der Waals surface area contributed by atoms with Crippen LogP contribution in [0.5, 0.6) is 0 Å². The molecule has 0 aliphatic rings. The van der Waals surface area contributed by atoms with Crippen molar-refractivity contribution in [2.24, 2.45) is 0 Å². The fraction of sp³-hybridized carbons (Fsp3) is 0.353. The van der Waals surface area contributed by atoms with Crippen LogP contribution in [0, 0.1) is 13.8 Å². The number of aliphatic hydroxyl groups is 1. The van der Waals surface area contributed by atoms with E-state index >= 15 is 0 Å². The van der Waals surface area contributed by atoms with E-state index in [2.05, 4.69) is 9.46 Å².